The van der Waals surface area contributed by atoms with Crippen LogP contribution in [0.4, 0.5) is 0 Å². The molecule has 0 saturated carbocycles. The van der Waals surface area contributed by atoms with Gasteiger partial charge in [0.2, 0.25) is 0 Å². The van der Waals surface area contributed by atoms with Gasteiger partial charge < -0.3 is 4.57 Å². The molecule has 0 aromatic carbocycles. The Morgan fingerprint density at radius 1 is 1.17 bits per heavy atom. The van der Waals surface area contributed by atoms with E-state index in [0.29, 0.717) is 11.8 Å². The first-order valence-corrected chi connectivity index (χ1v) is 7.27. The fraction of sp³-hybridized carbons (Fsp3) is 0.667. The van der Waals surface area contributed by atoms with Crippen molar-refractivity contribution in [1.29, 1.82) is 0 Å². The molecule has 2 bridgehead atoms. The van der Waals surface area contributed by atoms with Crippen LogP contribution < -0.4 is 5.56 Å². The Balaban J connectivity index is 1.76. The Bertz CT molecular complexity index is 521. The van der Waals surface area contributed by atoms with E-state index < -0.39 is 0 Å². The molecule has 0 radical (unpaired) electrons. The molecule has 3 aliphatic rings. The molecule has 0 amide bonds. The van der Waals surface area contributed by atoms with E-state index in [1.54, 1.807) is 6.07 Å². The molecule has 0 aliphatic carbocycles. The lowest BCUT2D eigenvalue weighted by Crippen LogP contribution is -2.54. The molecule has 3 heteroatoms. The molecule has 18 heavy (non-hydrogen) atoms. The van der Waals surface area contributed by atoms with Gasteiger partial charge >= 0.3 is 0 Å². The zero-order valence-electron chi connectivity index (χ0n) is 10.7. The summed E-state index contributed by atoms with van der Waals surface area (Å²) in [5.41, 5.74) is 1.48. The van der Waals surface area contributed by atoms with Crippen LogP contribution in [-0.2, 0) is 6.54 Å². The monoisotopic (exact) mass is 244 g/mol. The normalized spacial score (nSPS) is 34.8. The van der Waals surface area contributed by atoms with E-state index in [0.717, 1.165) is 12.6 Å². The maximum Gasteiger partial charge on any atom is 0.250 e. The summed E-state index contributed by atoms with van der Waals surface area (Å²) in [6.45, 7) is 3.39. The molecule has 0 spiro atoms. The summed E-state index contributed by atoms with van der Waals surface area (Å²) in [5.74, 6) is 1.30. The highest BCUT2D eigenvalue weighted by Crippen LogP contribution is 2.41. The highest BCUT2D eigenvalue weighted by molar-refractivity contribution is 5.18. The van der Waals surface area contributed by atoms with E-state index in [4.69, 9.17) is 0 Å². The van der Waals surface area contributed by atoms with Crippen LogP contribution in [-0.4, -0.2) is 28.6 Å². The average molecular weight is 244 g/mol. The Morgan fingerprint density at radius 3 is 3.06 bits per heavy atom. The molecule has 0 N–H and O–H groups in total. The van der Waals surface area contributed by atoms with Gasteiger partial charge in [-0.1, -0.05) is 12.5 Å². The first-order chi connectivity index (χ1) is 8.83. The number of hydrogen-bond acceptors (Lipinski definition) is 2. The molecule has 96 valence electrons. The van der Waals surface area contributed by atoms with Crippen LogP contribution in [0.2, 0.25) is 0 Å². The molecule has 3 nitrogen and oxygen atoms in total. The topological polar surface area (TPSA) is 25.2 Å². The van der Waals surface area contributed by atoms with E-state index in [2.05, 4.69) is 11.0 Å². The van der Waals surface area contributed by atoms with E-state index in [1.807, 2.05) is 10.6 Å². The zero-order chi connectivity index (χ0) is 12.1. The maximum atomic E-state index is 12.0. The molecular formula is C15H20N2O. The molecule has 3 aliphatic heterocycles. The molecule has 1 aromatic rings. The van der Waals surface area contributed by atoms with Gasteiger partial charge in [0, 0.05) is 36.8 Å². The highest BCUT2D eigenvalue weighted by atomic mass is 16.1. The second kappa shape index (κ2) is 3.95. The highest BCUT2D eigenvalue weighted by Gasteiger charge is 2.41. The molecule has 1 aromatic heterocycles. The Hall–Kier alpha value is -1.09. The van der Waals surface area contributed by atoms with Crippen LogP contribution in [0.3, 0.4) is 0 Å². The van der Waals surface area contributed by atoms with Gasteiger partial charge in [0.15, 0.2) is 0 Å². The lowest BCUT2D eigenvalue weighted by molar-refractivity contribution is 0.0248. The molecular weight excluding hydrogens is 224 g/mol. The third-order valence-electron chi connectivity index (χ3n) is 5.17. The molecule has 2 fully saturated rings. The minimum Gasteiger partial charge on any atom is -0.312 e. The van der Waals surface area contributed by atoms with E-state index in [1.165, 1.54) is 44.5 Å². The minimum atomic E-state index is 0.200. The van der Waals surface area contributed by atoms with Crippen molar-refractivity contribution >= 4 is 0 Å². The number of fused-ring (bicyclic) bond motifs is 6. The number of piperidine rings is 2. The van der Waals surface area contributed by atoms with E-state index >= 15 is 0 Å². The fourth-order valence-corrected chi connectivity index (χ4v) is 4.39. The number of pyridine rings is 1. The lowest BCUT2D eigenvalue weighted by atomic mass is 9.75. The predicted octanol–water partition coefficient (Wildman–Crippen LogP) is 1.82. The van der Waals surface area contributed by atoms with E-state index in [9.17, 15) is 4.79 Å². The summed E-state index contributed by atoms with van der Waals surface area (Å²) in [6.07, 6.45) is 5.37. The smallest absolute Gasteiger partial charge is 0.250 e. The fourth-order valence-electron chi connectivity index (χ4n) is 4.39. The quantitative estimate of drug-likeness (QED) is 0.695. The van der Waals surface area contributed by atoms with Crippen LogP contribution in [0.25, 0.3) is 0 Å². The van der Waals surface area contributed by atoms with Gasteiger partial charge in [-0.25, -0.2) is 0 Å². The van der Waals surface area contributed by atoms with Crippen LogP contribution in [0.1, 0.15) is 37.3 Å². The summed E-state index contributed by atoms with van der Waals surface area (Å²) in [6, 6.07) is 6.54. The maximum absolute atomic E-state index is 12.0. The minimum absolute atomic E-state index is 0.200. The van der Waals surface area contributed by atoms with Crippen LogP contribution in [0.15, 0.2) is 23.0 Å². The standard InChI is InChI=1S/C15H20N2O/c18-15-6-3-5-14-11-8-12(10-17(14)15)13-4-1-2-7-16(13)9-11/h3,5-6,11-13H,1-2,4,7-10H2/t11-,12+,13?/m1/s1. The lowest BCUT2D eigenvalue weighted by Gasteiger charge is -2.50. The summed E-state index contributed by atoms with van der Waals surface area (Å²) in [4.78, 5) is 14.7. The van der Waals surface area contributed by atoms with Crippen molar-refractivity contribution in [2.24, 2.45) is 5.92 Å². The van der Waals surface area contributed by atoms with E-state index in [-0.39, 0.29) is 5.56 Å². The van der Waals surface area contributed by atoms with Crippen LogP contribution in [0, 0.1) is 5.92 Å². The van der Waals surface area contributed by atoms with Gasteiger partial charge in [0.1, 0.15) is 0 Å². The van der Waals surface area contributed by atoms with Gasteiger partial charge in [0.25, 0.3) is 5.56 Å². The van der Waals surface area contributed by atoms with Gasteiger partial charge in [-0.05, 0) is 37.8 Å². The molecule has 3 atom stereocenters. The number of aromatic nitrogens is 1. The van der Waals surface area contributed by atoms with Crippen molar-refractivity contribution in [3.05, 3.63) is 34.2 Å². The summed E-state index contributed by atoms with van der Waals surface area (Å²) >= 11 is 0. The molecule has 4 rings (SSSR count). The van der Waals surface area contributed by atoms with Gasteiger partial charge in [0.05, 0.1) is 0 Å². The summed E-state index contributed by atoms with van der Waals surface area (Å²) in [7, 11) is 0. The van der Waals surface area contributed by atoms with Crippen LogP contribution >= 0.6 is 0 Å². The first-order valence-electron chi connectivity index (χ1n) is 7.27. The van der Waals surface area contributed by atoms with Crippen molar-refractivity contribution in [3.8, 4) is 0 Å². The number of nitrogens with zero attached hydrogens (tertiary/aromatic N) is 2. The van der Waals surface area contributed by atoms with Crippen molar-refractivity contribution < 1.29 is 0 Å². The van der Waals surface area contributed by atoms with Crippen molar-refractivity contribution in [3.63, 3.8) is 0 Å². The van der Waals surface area contributed by atoms with Crippen molar-refractivity contribution in [1.82, 2.24) is 9.47 Å². The van der Waals surface area contributed by atoms with Crippen molar-refractivity contribution in [2.75, 3.05) is 13.1 Å². The Morgan fingerprint density at radius 2 is 2.11 bits per heavy atom. The SMILES string of the molecule is O=c1cccc2n1C[C@@H]1C[C@@H]2CN2CCCCC12. The third kappa shape index (κ3) is 1.50. The molecule has 4 heterocycles. The van der Waals surface area contributed by atoms with Crippen LogP contribution in [0.5, 0.6) is 0 Å². The summed E-state index contributed by atoms with van der Waals surface area (Å²) in [5, 5.41) is 0. The number of hydrogen-bond donors (Lipinski definition) is 0. The second-order valence-corrected chi connectivity index (χ2v) is 6.15. The Labute approximate surface area is 107 Å². The predicted molar refractivity (Wildman–Crippen MR) is 70.8 cm³/mol. The van der Waals surface area contributed by atoms with Gasteiger partial charge in [-0.3, -0.25) is 9.69 Å². The van der Waals surface area contributed by atoms with Gasteiger partial charge in [-0.2, -0.15) is 0 Å². The summed E-state index contributed by atoms with van der Waals surface area (Å²) < 4.78 is 2.05. The third-order valence-corrected chi connectivity index (χ3v) is 5.17. The number of rotatable bonds is 0. The van der Waals surface area contributed by atoms with Gasteiger partial charge in [-0.15, -0.1) is 0 Å². The first kappa shape index (κ1) is 10.8. The Kier molecular flexibility index (Phi) is 2.37. The zero-order valence-corrected chi connectivity index (χ0v) is 10.7. The second-order valence-electron chi connectivity index (χ2n) is 6.15. The average Bonchev–Trinajstić information content (AvgIpc) is 2.40. The largest absolute Gasteiger partial charge is 0.312 e. The molecule has 1 unspecified atom stereocenters. The molecule has 2 saturated heterocycles. The van der Waals surface area contributed by atoms with Crippen molar-refractivity contribution in [2.45, 2.75) is 44.2 Å².